The molecule has 0 aliphatic heterocycles. The SMILES string of the molecule is CC(C)N(Cc1cnn(C)c1)C(=O)CCC(=O)c1ccccc1. The molecule has 5 heteroatoms. The lowest BCUT2D eigenvalue weighted by molar-refractivity contribution is -0.133. The molecule has 1 aromatic heterocycles. The lowest BCUT2D eigenvalue weighted by Gasteiger charge is -2.26. The predicted molar refractivity (Wildman–Crippen MR) is 88.9 cm³/mol. The van der Waals surface area contributed by atoms with Gasteiger partial charge in [0.2, 0.25) is 5.91 Å². The highest BCUT2D eigenvalue weighted by molar-refractivity contribution is 5.97. The van der Waals surface area contributed by atoms with Crippen LogP contribution >= 0.6 is 0 Å². The average molecular weight is 313 g/mol. The van der Waals surface area contributed by atoms with Gasteiger partial charge >= 0.3 is 0 Å². The maximum atomic E-state index is 12.5. The van der Waals surface area contributed by atoms with Crippen LogP contribution in [0.25, 0.3) is 0 Å². The highest BCUT2D eigenvalue weighted by atomic mass is 16.2. The van der Waals surface area contributed by atoms with Crippen LogP contribution in [0.4, 0.5) is 0 Å². The molecule has 122 valence electrons. The van der Waals surface area contributed by atoms with Crippen molar-refractivity contribution >= 4 is 11.7 Å². The molecule has 0 N–H and O–H groups in total. The van der Waals surface area contributed by atoms with Crippen LogP contribution in [0.5, 0.6) is 0 Å². The number of hydrogen-bond acceptors (Lipinski definition) is 3. The number of carbonyl (C=O) groups excluding carboxylic acids is 2. The number of benzene rings is 1. The number of hydrogen-bond donors (Lipinski definition) is 0. The molecule has 5 nitrogen and oxygen atoms in total. The van der Waals surface area contributed by atoms with E-state index in [1.807, 2.05) is 45.3 Å². The van der Waals surface area contributed by atoms with E-state index in [4.69, 9.17) is 0 Å². The van der Waals surface area contributed by atoms with Crippen LogP contribution in [0.15, 0.2) is 42.7 Å². The van der Waals surface area contributed by atoms with Gasteiger partial charge in [-0.2, -0.15) is 5.10 Å². The summed E-state index contributed by atoms with van der Waals surface area (Å²) in [7, 11) is 1.85. The van der Waals surface area contributed by atoms with Gasteiger partial charge in [0, 0.05) is 49.8 Å². The largest absolute Gasteiger partial charge is 0.336 e. The zero-order valence-corrected chi connectivity index (χ0v) is 13.9. The molecule has 0 aliphatic rings. The Kier molecular flexibility index (Phi) is 5.68. The van der Waals surface area contributed by atoms with Crippen molar-refractivity contribution in [1.29, 1.82) is 0 Å². The van der Waals surface area contributed by atoms with Crippen LogP contribution in [0.3, 0.4) is 0 Å². The van der Waals surface area contributed by atoms with Gasteiger partial charge in [-0.25, -0.2) is 0 Å². The quantitative estimate of drug-likeness (QED) is 0.739. The summed E-state index contributed by atoms with van der Waals surface area (Å²) >= 11 is 0. The molecular formula is C18H23N3O2. The van der Waals surface area contributed by atoms with Gasteiger partial charge in [0.05, 0.1) is 6.20 Å². The van der Waals surface area contributed by atoms with Crippen molar-refractivity contribution in [2.45, 2.75) is 39.3 Å². The Hall–Kier alpha value is -2.43. The highest BCUT2D eigenvalue weighted by Gasteiger charge is 2.19. The third kappa shape index (κ3) is 4.77. The summed E-state index contributed by atoms with van der Waals surface area (Å²) in [4.78, 5) is 26.4. The van der Waals surface area contributed by atoms with Crippen LogP contribution in [0, 0.1) is 0 Å². The maximum Gasteiger partial charge on any atom is 0.223 e. The Labute approximate surface area is 136 Å². The number of Topliss-reactive ketones (excluding diaryl/α,β-unsaturated/α-hetero) is 1. The minimum Gasteiger partial charge on any atom is -0.336 e. The van der Waals surface area contributed by atoms with E-state index in [9.17, 15) is 9.59 Å². The first-order valence-electron chi connectivity index (χ1n) is 7.82. The highest BCUT2D eigenvalue weighted by Crippen LogP contribution is 2.12. The molecule has 0 radical (unpaired) electrons. The molecule has 1 aromatic carbocycles. The van der Waals surface area contributed by atoms with Crippen LogP contribution in [0.2, 0.25) is 0 Å². The van der Waals surface area contributed by atoms with Crippen molar-refractivity contribution in [2.24, 2.45) is 7.05 Å². The van der Waals surface area contributed by atoms with Gasteiger partial charge < -0.3 is 4.90 Å². The molecule has 0 fully saturated rings. The summed E-state index contributed by atoms with van der Waals surface area (Å²) in [5.74, 6) is -0.00262. The monoisotopic (exact) mass is 313 g/mol. The first-order chi connectivity index (χ1) is 11.0. The van der Waals surface area contributed by atoms with E-state index in [2.05, 4.69) is 5.10 Å². The molecule has 0 aliphatic carbocycles. The van der Waals surface area contributed by atoms with Gasteiger partial charge in [-0.15, -0.1) is 0 Å². The second-order valence-electron chi connectivity index (χ2n) is 5.93. The molecule has 23 heavy (non-hydrogen) atoms. The third-order valence-electron chi connectivity index (χ3n) is 3.72. The number of rotatable bonds is 7. The van der Waals surface area contributed by atoms with E-state index in [-0.39, 0.29) is 30.6 Å². The molecule has 1 amide bonds. The standard InChI is InChI=1S/C18H23N3O2/c1-14(2)21(13-15-11-19-20(3)12-15)18(23)10-9-17(22)16-7-5-4-6-8-16/h4-8,11-12,14H,9-10,13H2,1-3H3. The summed E-state index contributed by atoms with van der Waals surface area (Å²) in [6.45, 7) is 4.48. The summed E-state index contributed by atoms with van der Waals surface area (Å²) in [5, 5.41) is 4.13. The van der Waals surface area contributed by atoms with E-state index < -0.39 is 0 Å². The smallest absolute Gasteiger partial charge is 0.223 e. The Balaban J connectivity index is 1.94. The fourth-order valence-corrected chi connectivity index (χ4v) is 2.44. The maximum absolute atomic E-state index is 12.5. The van der Waals surface area contributed by atoms with E-state index in [0.717, 1.165) is 5.56 Å². The van der Waals surface area contributed by atoms with Crippen LogP contribution in [-0.4, -0.2) is 32.4 Å². The number of ketones is 1. The summed E-state index contributed by atoms with van der Waals surface area (Å²) in [6.07, 6.45) is 4.13. The van der Waals surface area contributed by atoms with Crippen molar-refractivity contribution in [3.8, 4) is 0 Å². The molecule has 0 bridgehead atoms. The minimum atomic E-state index is -0.00636. The van der Waals surface area contributed by atoms with E-state index in [0.29, 0.717) is 12.1 Å². The predicted octanol–water partition coefficient (Wildman–Crippen LogP) is 2.82. The number of aromatic nitrogens is 2. The second kappa shape index (κ2) is 7.72. The Morgan fingerprint density at radius 2 is 1.87 bits per heavy atom. The van der Waals surface area contributed by atoms with Crippen molar-refractivity contribution in [3.05, 3.63) is 53.9 Å². The van der Waals surface area contributed by atoms with Gasteiger partial charge in [0.25, 0.3) is 0 Å². The molecule has 0 spiro atoms. The molecule has 0 saturated carbocycles. The molecule has 0 unspecified atom stereocenters. The normalized spacial score (nSPS) is 10.8. The van der Waals surface area contributed by atoms with Crippen LogP contribution in [0.1, 0.15) is 42.6 Å². The number of amides is 1. The molecular weight excluding hydrogens is 290 g/mol. The van der Waals surface area contributed by atoms with E-state index >= 15 is 0 Å². The Morgan fingerprint density at radius 1 is 1.17 bits per heavy atom. The zero-order chi connectivity index (χ0) is 16.8. The fourth-order valence-electron chi connectivity index (χ4n) is 2.44. The molecule has 0 saturated heterocycles. The van der Waals surface area contributed by atoms with Crippen molar-refractivity contribution < 1.29 is 9.59 Å². The van der Waals surface area contributed by atoms with Gasteiger partial charge in [-0.05, 0) is 13.8 Å². The number of carbonyl (C=O) groups is 2. The van der Waals surface area contributed by atoms with Gasteiger partial charge in [0.1, 0.15) is 0 Å². The number of aryl methyl sites for hydroxylation is 1. The second-order valence-corrected chi connectivity index (χ2v) is 5.93. The molecule has 2 rings (SSSR count). The first kappa shape index (κ1) is 16.9. The van der Waals surface area contributed by atoms with Crippen LogP contribution in [-0.2, 0) is 18.4 Å². The summed E-state index contributed by atoms with van der Waals surface area (Å²) < 4.78 is 1.72. The van der Waals surface area contributed by atoms with Crippen LogP contribution < -0.4 is 0 Å². The van der Waals surface area contributed by atoms with Crippen molar-refractivity contribution in [2.75, 3.05) is 0 Å². The van der Waals surface area contributed by atoms with Gasteiger partial charge in [-0.3, -0.25) is 14.3 Å². The van der Waals surface area contributed by atoms with Gasteiger partial charge in [-0.1, -0.05) is 30.3 Å². The lowest BCUT2D eigenvalue weighted by atomic mass is 10.1. The molecule has 1 heterocycles. The topological polar surface area (TPSA) is 55.2 Å². The van der Waals surface area contributed by atoms with Crippen molar-refractivity contribution in [3.63, 3.8) is 0 Å². The fraction of sp³-hybridized carbons (Fsp3) is 0.389. The van der Waals surface area contributed by atoms with E-state index in [1.165, 1.54) is 0 Å². The third-order valence-corrected chi connectivity index (χ3v) is 3.72. The average Bonchev–Trinajstić information content (AvgIpc) is 2.95. The number of nitrogens with zero attached hydrogens (tertiary/aromatic N) is 3. The van der Waals surface area contributed by atoms with Gasteiger partial charge in [0.15, 0.2) is 5.78 Å². The Bertz CT molecular complexity index is 662. The van der Waals surface area contributed by atoms with Crippen molar-refractivity contribution in [1.82, 2.24) is 14.7 Å². The first-order valence-corrected chi connectivity index (χ1v) is 7.82. The lowest BCUT2D eigenvalue weighted by Crippen LogP contribution is -2.36. The summed E-state index contributed by atoms with van der Waals surface area (Å²) in [6, 6.07) is 9.17. The minimum absolute atomic E-state index is 0.00374. The molecule has 2 aromatic rings. The Morgan fingerprint density at radius 3 is 2.43 bits per heavy atom. The summed E-state index contributed by atoms with van der Waals surface area (Å²) in [5.41, 5.74) is 1.65. The molecule has 0 atom stereocenters. The van der Waals surface area contributed by atoms with E-state index in [1.54, 1.807) is 27.9 Å². The zero-order valence-electron chi connectivity index (χ0n) is 13.9.